The predicted octanol–water partition coefficient (Wildman–Crippen LogP) is 1.26. The van der Waals surface area contributed by atoms with Crippen LogP contribution in [0, 0.1) is 0 Å². The number of carbonyl (C=O) groups excluding carboxylic acids is 1. The lowest BCUT2D eigenvalue weighted by molar-refractivity contribution is -0.116. The van der Waals surface area contributed by atoms with Crippen LogP contribution in [0.4, 0.5) is 5.69 Å². The Morgan fingerprint density at radius 2 is 2.10 bits per heavy atom. The lowest BCUT2D eigenvalue weighted by Gasteiger charge is -2.09. The molecule has 0 aliphatic heterocycles. The van der Waals surface area contributed by atoms with Gasteiger partial charge in [0, 0.05) is 48.1 Å². The molecule has 5 nitrogen and oxygen atoms in total. The van der Waals surface area contributed by atoms with Gasteiger partial charge in [-0.1, -0.05) is 18.2 Å². The van der Waals surface area contributed by atoms with Crippen molar-refractivity contribution in [1.82, 2.24) is 0 Å². The van der Waals surface area contributed by atoms with E-state index in [9.17, 15) is 9.00 Å². The van der Waals surface area contributed by atoms with Gasteiger partial charge < -0.3 is 15.8 Å². The smallest absolute Gasteiger partial charge is 0.224 e. The molecule has 1 unspecified atom stereocenters. The van der Waals surface area contributed by atoms with Crippen molar-refractivity contribution in [1.29, 1.82) is 0 Å². The molecule has 1 aromatic carbocycles. The zero-order valence-corrected chi connectivity index (χ0v) is 12.6. The Balaban J connectivity index is 2.31. The van der Waals surface area contributed by atoms with Crippen molar-refractivity contribution >= 4 is 22.4 Å². The van der Waals surface area contributed by atoms with E-state index in [0.29, 0.717) is 37.5 Å². The molecule has 0 heterocycles. The molecule has 6 heteroatoms. The molecule has 1 atom stereocenters. The van der Waals surface area contributed by atoms with Gasteiger partial charge in [0.15, 0.2) is 0 Å². The second kappa shape index (κ2) is 9.63. The summed E-state index contributed by atoms with van der Waals surface area (Å²) in [6.07, 6.45) is 0.963. The van der Waals surface area contributed by atoms with Crippen LogP contribution in [-0.2, 0) is 26.9 Å². The number of carbonyl (C=O) groups is 1. The van der Waals surface area contributed by atoms with Gasteiger partial charge in [-0.15, -0.1) is 0 Å². The van der Waals surface area contributed by atoms with E-state index in [1.165, 1.54) is 0 Å². The third-order valence-corrected chi connectivity index (χ3v) is 4.17. The fourth-order valence-corrected chi connectivity index (χ4v) is 2.73. The van der Waals surface area contributed by atoms with Crippen molar-refractivity contribution in [2.24, 2.45) is 5.73 Å². The van der Waals surface area contributed by atoms with Crippen molar-refractivity contribution in [3.63, 3.8) is 0 Å². The molecule has 0 fully saturated rings. The minimum Gasteiger partial charge on any atom is -0.384 e. The number of hydrogen-bond donors (Lipinski definition) is 2. The van der Waals surface area contributed by atoms with Crippen LogP contribution < -0.4 is 11.1 Å². The van der Waals surface area contributed by atoms with Crippen molar-refractivity contribution in [3.05, 3.63) is 29.8 Å². The van der Waals surface area contributed by atoms with Gasteiger partial charge in [-0.2, -0.15) is 0 Å². The molecule has 0 aromatic heterocycles. The van der Waals surface area contributed by atoms with E-state index in [1.807, 2.05) is 24.3 Å². The minimum atomic E-state index is -0.914. The van der Waals surface area contributed by atoms with Crippen LogP contribution in [0.1, 0.15) is 18.4 Å². The molecule has 0 saturated heterocycles. The summed E-state index contributed by atoms with van der Waals surface area (Å²) in [6.45, 7) is 0.875. The minimum absolute atomic E-state index is 0.0744. The molecule has 0 radical (unpaired) electrons. The molecule has 0 aliphatic carbocycles. The number of anilines is 1. The highest BCUT2D eigenvalue weighted by atomic mass is 32.2. The second-order valence-corrected chi connectivity index (χ2v) is 6.05. The van der Waals surface area contributed by atoms with Gasteiger partial charge >= 0.3 is 0 Å². The fourth-order valence-electron chi connectivity index (χ4n) is 1.71. The first-order valence-electron chi connectivity index (χ1n) is 6.59. The molecular weight excluding hydrogens is 276 g/mol. The molecule has 0 spiro atoms. The normalized spacial score (nSPS) is 12.1. The van der Waals surface area contributed by atoms with Crippen LogP contribution in [0.25, 0.3) is 0 Å². The maximum absolute atomic E-state index is 11.8. The topological polar surface area (TPSA) is 81.4 Å². The number of para-hydroxylation sites is 1. The third kappa shape index (κ3) is 6.27. The van der Waals surface area contributed by atoms with Gasteiger partial charge in [-0.3, -0.25) is 9.00 Å². The van der Waals surface area contributed by atoms with Crippen molar-refractivity contribution in [3.8, 4) is 0 Å². The van der Waals surface area contributed by atoms with E-state index < -0.39 is 10.8 Å². The Hall–Kier alpha value is -1.24. The Morgan fingerprint density at radius 1 is 1.35 bits per heavy atom. The summed E-state index contributed by atoms with van der Waals surface area (Å²) in [5, 5.41) is 2.84. The zero-order chi connectivity index (χ0) is 14.8. The maximum Gasteiger partial charge on any atom is 0.224 e. The van der Waals surface area contributed by atoms with E-state index in [1.54, 1.807) is 7.11 Å². The number of rotatable bonds is 9. The van der Waals surface area contributed by atoms with E-state index in [4.69, 9.17) is 10.5 Å². The Bertz CT molecular complexity index is 452. The van der Waals surface area contributed by atoms with E-state index >= 15 is 0 Å². The van der Waals surface area contributed by atoms with Crippen molar-refractivity contribution in [2.45, 2.75) is 19.4 Å². The highest BCUT2D eigenvalue weighted by Crippen LogP contribution is 2.14. The summed E-state index contributed by atoms with van der Waals surface area (Å²) >= 11 is 0. The van der Waals surface area contributed by atoms with Gasteiger partial charge in [0.05, 0.1) is 6.61 Å². The molecule has 0 aliphatic rings. The summed E-state index contributed by atoms with van der Waals surface area (Å²) in [5.74, 6) is 0.971. The number of ether oxygens (including phenoxy) is 1. The quantitative estimate of drug-likeness (QED) is 0.719. The van der Waals surface area contributed by atoms with E-state index in [0.717, 1.165) is 11.3 Å². The second-order valence-electron chi connectivity index (χ2n) is 4.35. The van der Waals surface area contributed by atoms with Crippen molar-refractivity contribution < 1.29 is 13.7 Å². The average Bonchev–Trinajstić information content (AvgIpc) is 2.45. The molecule has 3 N–H and O–H groups in total. The highest BCUT2D eigenvalue weighted by Gasteiger charge is 2.07. The summed E-state index contributed by atoms with van der Waals surface area (Å²) in [6, 6.07) is 7.46. The lowest BCUT2D eigenvalue weighted by Crippen LogP contribution is -2.15. The molecule has 1 rings (SSSR count). The lowest BCUT2D eigenvalue weighted by atomic mass is 10.1. The van der Waals surface area contributed by atoms with E-state index in [-0.39, 0.29) is 5.91 Å². The standard InChI is InChI=1S/C14H22N2O3S/c1-19-8-10-20(18)9-4-7-14(17)16-13-6-3-2-5-12(13)11-15/h2-3,5-6H,4,7-11,15H2,1H3,(H,16,17). The molecular formula is C14H22N2O3S. The van der Waals surface area contributed by atoms with Gasteiger partial charge in [-0.05, 0) is 18.1 Å². The molecule has 1 amide bonds. The number of benzene rings is 1. The van der Waals surface area contributed by atoms with Crippen LogP contribution in [0.3, 0.4) is 0 Å². The van der Waals surface area contributed by atoms with Crippen LogP contribution in [0.5, 0.6) is 0 Å². The maximum atomic E-state index is 11.8. The summed E-state index contributed by atoms with van der Waals surface area (Å²) in [4.78, 5) is 11.8. The number of hydrogen-bond acceptors (Lipinski definition) is 4. The van der Waals surface area contributed by atoms with Crippen LogP contribution in [0.15, 0.2) is 24.3 Å². The first kappa shape index (κ1) is 16.8. The highest BCUT2D eigenvalue weighted by molar-refractivity contribution is 7.84. The molecule has 112 valence electrons. The average molecular weight is 298 g/mol. The van der Waals surface area contributed by atoms with Gasteiger partial charge in [-0.25, -0.2) is 0 Å². The van der Waals surface area contributed by atoms with Crippen LogP contribution in [0.2, 0.25) is 0 Å². The number of nitrogens with two attached hydrogens (primary N) is 1. The summed E-state index contributed by atoms with van der Waals surface area (Å²) < 4.78 is 16.4. The largest absolute Gasteiger partial charge is 0.384 e. The summed E-state index contributed by atoms with van der Waals surface area (Å²) in [5.41, 5.74) is 7.27. The first-order valence-corrected chi connectivity index (χ1v) is 8.08. The monoisotopic (exact) mass is 298 g/mol. The number of methoxy groups -OCH3 is 1. The zero-order valence-electron chi connectivity index (χ0n) is 11.8. The third-order valence-electron chi connectivity index (χ3n) is 2.80. The fraction of sp³-hybridized carbons (Fsp3) is 0.500. The van der Waals surface area contributed by atoms with Gasteiger partial charge in [0.25, 0.3) is 0 Å². The number of nitrogens with one attached hydrogen (secondary N) is 1. The molecule has 20 heavy (non-hydrogen) atoms. The summed E-state index contributed by atoms with van der Waals surface area (Å²) in [7, 11) is 0.669. The Labute approximate surface area is 122 Å². The van der Waals surface area contributed by atoms with Crippen LogP contribution in [-0.4, -0.2) is 35.3 Å². The Morgan fingerprint density at radius 3 is 2.80 bits per heavy atom. The van der Waals surface area contributed by atoms with Gasteiger partial charge in [0.2, 0.25) is 5.91 Å². The molecule has 0 saturated carbocycles. The van der Waals surface area contributed by atoms with Gasteiger partial charge in [0.1, 0.15) is 0 Å². The molecule has 1 aromatic rings. The SMILES string of the molecule is COCCS(=O)CCCC(=O)Nc1ccccc1CN. The predicted molar refractivity (Wildman–Crippen MR) is 81.9 cm³/mol. The van der Waals surface area contributed by atoms with Crippen molar-refractivity contribution in [2.75, 3.05) is 30.5 Å². The Kier molecular flexibility index (Phi) is 8.10. The van der Waals surface area contributed by atoms with Crippen LogP contribution >= 0.6 is 0 Å². The van der Waals surface area contributed by atoms with E-state index in [2.05, 4.69) is 5.32 Å². The first-order chi connectivity index (χ1) is 9.67. The number of amides is 1. The molecule has 0 bridgehead atoms.